The highest BCUT2D eigenvalue weighted by Gasteiger charge is 2.17. The molecule has 0 fully saturated rings. The SMILES string of the molecule is CCCCNC(=O)CN(CCO)CC(C)C(=O)O. The highest BCUT2D eigenvalue weighted by molar-refractivity contribution is 5.78. The molecule has 18 heavy (non-hydrogen) atoms. The van der Waals surface area contributed by atoms with Crippen LogP contribution in [0.15, 0.2) is 0 Å². The number of carboxylic acid groups (broad SMARTS) is 1. The van der Waals surface area contributed by atoms with E-state index in [1.54, 1.807) is 11.8 Å². The van der Waals surface area contributed by atoms with E-state index in [2.05, 4.69) is 5.32 Å². The molecule has 0 saturated heterocycles. The van der Waals surface area contributed by atoms with E-state index in [1.165, 1.54) is 0 Å². The standard InChI is InChI=1S/C12H24N2O4/c1-3-4-5-13-11(16)9-14(6-7-15)8-10(2)12(17)18/h10,15H,3-9H2,1-2H3,(H,13,16)(H,17,18). The van der Waals surface area contributed by atoms with Crippen molar-refractivity contribution in [3.8, 4) is 0 Å². The number of aliphatic carboxylic acids is 1. The van der Waals surface area contributed by atoms with Crippen LogP contribution in [0.1, 0.15) is 26.7 Å². The Bertz CT molecular complexity index is 258. The lowest BCUT2D eigenvalue weighted by Crippen LogP contribution is -2.41. The molecule has 6 heteroatoms. The molecule has 0 rings (SSSR count). The van der Waals surface area contributed by atoms with Crippen LogP contribution < -0.4 is 5.32 Å². The third kappa shape index (κ3) is 8.03. The topological polar surface area (TPSA) is 89.9 Å². The van der Waals surface area contributed by atoms with Crippen molar-refractivity contribution in [2.75, 3.05) is 32.8 Å². The van der Waals surface area contributed by atoms with Gasteiger partial charge in [-0.05, 0) is 6.42 Å². The number of unbranched alkanes of at least 4 members (excludes halogenated alkanes) is 1. The van der Waals surface area contributed by atoms with Gasteiger partial charge in [0.25, 0.3) is 0 Å². The first kappa shape index (κ1) is 16.9. The Morgan fingerprint density at radius 3 is 2.56 bits per heavy atom. The smallest absolute Gasteiger partial charge is 0.307 e. The minimum Gasteiger partial charge on any atom is -0.481 e. The third-order valence-corrected chi connectivity index (χ3v) is 2.59. The van der Waals surface area contributed by atoms with Crippen molar-refractivity contribution in [2.45, 2.75) is 26.7 Å². The number of amides is 1. The summed E-state index contributed by atoms with van der Waals surface area (Å²) in [6.07, 6.45) is 1.94. The number of aliphatic hydroxyl groups is 1. The number of carbonyl (C=O) groups is 2. The van der Waals surface area contributed by atoms with Crippen molar-refractivity contribution < 1.29 is 19.8 Å². The Labute approximate surface area is 108 Å². The number of hydrogen-bond donors (Lipinski definition) is 3. The number of rotatable bonds is 10. The summed E-state index contributed by atoms with van der Waals surface area (Å²) in [6.45, 7) is 4.86. The van der Waals surface area contributed by atoms with E-state index in [1.807, 2.05) is 6.92 Å². The summed E-state index contributed by atoms with van der Waals surface area (Å²) in [5, 5.41) is 20.5. The summed E-state index contributed by atoms with van der Waals surface area (Å²) in [4.78, 5) is 24.0. The maximum Gasteiger partial charge on any atom is 0.307 e. The van der Waals surface area contributed by atoms with Crippen LogP contribution in [0.2, 0.25) is 0 Å². The molecule has 0 radical (unpaired) electrons. The largest absolute Gasteiger partial charge is 0.481 e. The summed E-state index contributed by atoms with van der Waals surface area (Å²) >= 11 is 0. The van der Waals surface area contributed by atoms with Gasteiger partial charge in [0.1, 0.15) is 0 Å². The van der Waals surface area contributed by atoms with Crippen molar-refractivity contribution in [1.82, 2.24) is 10.2 Å². The number of hydrogen-bond acceptors (Lipinski definition) is 4. The first-order chi connectivity index (χ1) is 8.51. The molecule has 0 saturated carbocycles. The van der Waals surface area contributed by atoms with Crippen LogP contribution in [-0.2, 0) is 9.59 Å². The molecule has 0 aliphatic heterocycles. The Kier molecular flexibility index (Phi) is 9.22. The van der Waals surface area contributed by atoms with E-state index in [0.717, 1.165) is 12.8 Å². The molecule has 0 spiro atoms. The van der Waals surface area contributed by atoms with Crippen molar-refractivity contribution in [3.63, 3.8) is 0 Å². The molecule has 0 aliphatic rings. The molecule has 3 N–H and O–H groups in total. The van der Waals surface area contributed by atoms with Gasteiger partial charge in [0, 0.05) is 19.6 Å². The van der Waals surface area contributed by atoms with Gasteiger partial charge < -0.3 is 15.5 Å². The minimum atomic E-state index is -0.899. The number of nitrogens with one attached hydrogen (secondary N) is 1. The average molecular weight is 260 g/mol. The molecule has 0 aromatic rings. The van der Waals surface area contributed by atoms with Gasteiger partial charge in [0.05, 0.1) is 19.1 Å². The van der Waals surface area contributed by atoms with Crippen LogP contribution in [0, 0.1) is 5.92 Å². The first-order valence-corrected chi connectivity index (χ1v) is 6.34. The molecule has 6 nitrogen and oxygen atoms in total. The normalized spacial score (nSPS) is 12.4. The summed E-state index contributed by atoms with van der Waals surface area (Å²) in [7, 11) is 0. The summed E-state index contributed by atoms with van der Waals surface area (Å²) in [5.74, 6) is -1.58. The van der Waals surface area contributed by atoms with Crippen LogP contribution in [0.25, 0.3) is 0 Å². The van der Waals surface area contributed by atoms with Gasteiger partial charge in [0.2, 0.25) is 5.91 Å². The van der Waals surface area contributed by atoms with Gasteiger partial charge in [-0.25, -0.2) is 0 Å². The lowest BCUT2D eigenvalue weighted by atomic mass is 10.1. The van der Waals surface area contributed by atoms with Crippen LogP contribution in [0.4, 0.5) is 0 Å². The molecule has 0 aromatic heterocycles. The number of aliphatic hydroxyl groups excluding tert-OH is 1. The zero-order chi connectivity index (χ0) is 14.0. The van der Waals surface area contributed by atoms with E-state index < -0.39 is 11.9 Å². The monoisotopic (exact) mass is 260 g/mol. The predicted molar refractivity (Wildman–Crippen MR) is 68.2 cm³/mol. The molecule has 106 valence electrons. The molecule has 1 atom stereocenters. The number of nitrogens with zero attached hydrogens (tertiary/aromatic N) is 1. The van der Waals surface area contributed by atoms with Crippen LogP contribution >= 0.6 is 0 Å². The molecule has 0 bridgehead atoms. The number of carboxylic acids is 1. The minimum absolute atomic E-state index is 0.0887. The Morgan fingerprint density at radius 1 is 1.39 bits per heavy atom. The molecule has 0 aromatic carbocycles. The lowest BCUT2D eigenvalue weighted by molar-refractivity contribution is -0.142. The zero-order valence-corrected chi connectivity index (χ0v) is 11.2. The first-order valence-electron chi connectivity index (χ1n) is 6.34. The molecule has 0 aliphatic carbocycles. The third-order valence-electron chi connectivity index (χ3n) is 2.59. The van der Waals surface area contributed by atoms with Crippen LogP contribution in [0.5, 0.6) is 0 Å². The summed E-state index contributed by atoms with van der Waals surface area (Å²) < 4.78 is 0. The van der Waals surface area contributed by atoms with Gasteiger partial charge in [0.15, 0.2) is 0 Å². The highest BCUT2D eigenvalue weighted by atomic mass is 16.4. The quantitative estimate of drug-likeness (QED) is 0.478. The second-order valence-electron chi connectivity index (χ2n) is 4.40. The average Bonchev–Trinajstić information content (AvgIpc) is 2.29. The molecular weight excluding hydrogens is 236 g/mol. The second-order valence-corrected chi connectivity index (χ2v) is 4.40. The second kappa shape index (κ2) is 9.85. The van der Waals surface area contributed by atoms with E-state index >= 15 is 0 Å². The molecule has 1 unspecified atom stereocenters. The van der Waals surface area contributed by atoms with Crippen molar-refractivity contribution in [2.24, 2.45) is 5.92 Å². The van der Waals surface area contributed by atoms with E-state index in [-0.39, 0.29) is 25.6 Å². The fourth-order valence-electron chi connectivity index (χ4n) is 1.51. The van der Waals surface area contributed by atoms with Crippen LogP contribution in [-0.4, -0.2) is 59.8 Å². The fourth-order valence-corrected chi connectivity index (χ4v) is 1.51. The number of carbonyl (C=O) groups excluding carboxylic acids is 1. The Hall–Kier alpha value is -1.14. The maximum atomic E-state index is 11.6. The molecule has 0 heterocycles. The summed E-state index contributed by atoms with van der Waals surface area (Å²) in [5.41, 5.74) is 0. The highest BCUT2D eigenvalue weighted by Crippen LogP contribution is 2.00. The molecule has 1 amide bonds. The van der Waals surface area contributed by atoms with Gasteiger partial charge in [-0.3, -0.25) is 14.5 Å². The summed E-state index contributed by atoms with van der Waals surface area (Å²) in [6, 6.07) is 0. The molecular formula is C12H24N2O4. The Morgan fingerprint density at radius 2 is 2.06 bits per heavy atom. The van der Waals surface area contributed by atoms with Crippen molar-refractivity contribution >= 4 is 11.9 Å². The van der Waals surface area contributed by atoms with Crippen LogP contribution in [0.3, 0.4) is 0 Å². The van der Waals surface area contributed by atoms with E-state index in [4.69, 9.17) is 10.2 Å². The van der Waals surface area contributed by atoms with Gasteiger partial charge >= 0.3 is 5.97 Å². The Balaban J connectivity index is 4.09. The lowest BCUT2D eigenvalue weighted by Gasteiger charge is -2.22. The van der Waals surface area contributed by atoms with Gasteiger partial charge in [-0.1, -0.05) is 20.3 Å². The fraction of sp³-hybridized carbons (Fsp3) is 0.833. The maximum absolute atomic E-state index is 11.6. The van der Waals surface area contributed by atoms with Gasteiger partial charge in [-0.15, -0.1) is 0 Å². The van der Waals surface area contributed by atoms with Crippen molar-refractivity contribution in [1.29, 1.82) is 0 Å². The van der Waals surface area contributed by atoms with E-state index in [9.17, 15) is 9.59 Å². The van der Waals surface area contributed by atoms with Crippen molar-refractivity contribution in [3.05, 3.63) is 0 Å². The predicted octanol–water partition coefficient (Wildman–Crippen LogP) is -0.0823. The van der Waals surface area contributed by atoms with Gasteiger partial charge in [-0.2, -0.15) is 0 Å². The van der Waals surface area contributed by atoms with E-state index in [0.29, 0.717) is 13.1 Å². The zero-order valence-electron chi connectivity index (χ0n) is 11.2.